The Bertz CT molecular complexity index is 484. The SMILES string of the molecule is CCOC(=O)c1nc(C)n(CC2CCCN2CC)c1N. The number of nitrogen functional groups attached to an aromatic ring is 1. The summed E-state index contributed by atoms with van der Waals surface area (Å²) in [5, 5.41) is 0. The van der Waals surface area contributed by atoms with Gasteiger partial charge in [-0.3, -0.25) is 4.90 Å². The lowest BCUT2D eigenvalue weighted by molar-refractivity contribution is 0.0521. The van der Waals surface area contributed by atoms with Crippen LogP contribution in [-0.4, -0.2) is 46.2 Å². The zero-order valence-electron chi connectivity index (χ0n) is 12.6. The number of likely N-dealkylation sites (N-methyl/N-ethyl adjacent to an activating group) is 1. The molecule has 1 saturated heterocycles. The summed E-state index contributed by atoms with van der Waals surface area (Å²) in [5.41, 5.74) is 6.32. The molecule has 2 rings (SSSR count). The first kappa shape index (κ1) is 14.8. The van der Waals surface area contributed by atoms with Crippen LogP contribution < -0.4 is 5.73 Å². The predicted molar refractivity (Wildman–Crippen MR) is 77.6 cm³/mol. The van der Waals surface area contributed by atoms with Gasteiger partial charge < -0.3 is 15.0 Å². The molecule has 112 valence electrons. The number of hydrogen-bond donors (Lipinski definition) is 1. The standard InChI is InChI=1S/C14H24N4O2/c1-4-17-8-6-7-11(17)9-18-10(3)16-12(13(18)15)14(19)20-5-2/h11H,4-9,15H2,1-3H3. The third-order valence-electron chi connectivity index (χ3n) is 3.97. The van der Waals surface area contributed by atoms with Crippen LogP contribution in [0.1, 0.15) is 43.0 Å². The van der Waals surface area contributed by atoms with Gasteiger partial charge in [0.15, 0.2) is 5.69 Å². The molecular formula is C14H24N4O2. The molecule has 1 aromatic rings. The minimum Gasteiger partial charge on any atom is -0.461 e. The van der Waals surface area contributed by atoms with E-state index in [1.807, 2.05) is 11.5 Å². The summed E-state index contributed by atoms with van der Waals surface area (Å²) in [6.45, 7) is 9.13. The van der Waals surface area contributed by atoms with Crippen LogP contribution in [0.4, 0.5) is 5.82 Å². The van der Waals surface area contributed by atoms with Crippen LogP contribution in [0.15, 0.2) is 0 Å². The van der Waals surface area contributed by atoms with E-state index in [1.165, 1.54) is 12.8 Å². The highest BCUT2D eigenvalue weighted by Gasteiger charge is 2.26. The summed E-state index contributed by atoms with van der Waals surface area (Å²) < 4.78 is 6.92. The van der Waals surface area contributed by atoms with Gasteiger partial charge in [0.2, 0.25) is 0 Å². The number of imidazole rings is 1. The summed E-state index contributed by atoms with van der Waals surface area (Å²) in [5.74, 6) is 0.753. The summed E-state index contributed by atoms with van der Waals surface area (Å²) in [6, 6.07) is 0.477. The Morgan fingerprint density at radius 1 is 1.50 bits per heavy atom. The summed E-state index contributed by atoms with van der Waals surface area (Å²) in [6.07, 6.45) is 2.39. The lowest BCUT2D eigenvalue weighted by Gasteiger charge is -2.24. The van der Waals surface area contributed by atoms with Gasteiger partial charge >= 0.3 is 5.97 Å². The molecule has 1 fully saturated rings. The second-order valence-electron chi connectivity index (χ2n) is 5.15. The molecule has 6 nitrogen and oxygen atoms in total. The maximum absolute atomic E-state index is 11.8. The third-order valence-corrected chi connectivity index (χ3v) is 3.97. The Morgan fingerprint density at radius 3 is 2.90 bits per heavy atom. The van der Waals surface area contributed by atoms with Gasteiger partial charge in [0, 0.05) is 12.6 Å². The van der Waals surface area contributed by atoms with Crippen LogP contribution in [0, 0.1) is 6.92 Å². The second kappa shape index (κ2) is 6.26. The molecule has 1 atom stereocenters. The first-order valence-corrected chi connectivity index (χ1v) is 7.32. The van der Waals surface area contributed by atoms with Crippen LogP contribution >= 0.6 is 0 Å². The molecule has 0 aromatic carbocycles. The zero-order valence-corrected chi connectivity index (χ0v) is 12.6. The Balaban J connectivity index is 2.18. The third kappa shape index (κ3) is 2.80. The molecule has 2 heterocycles. The van der Waals surface area contributed by atoms with Crippen molar-refractivity contribution in [3.63, 3.8) is 0 Å². The average molecular weight is 280 g/mol. The summed E-state index contributed by atoms with van der Waals surface area (Å²) >= 11 is 0. The van der Waals surface area contributed by atoms with E-state index < -0.39 is 5.97 Å². The molecule has 1 aliphatic rings. The molecule has 6 heteroatoms. The Morgan fingerprint density at radius 2 is 2.25 bits per heavy atom. The first-order chi connectivity index (χ1) is 9.58. The molecule has 0 radical (unpaired) electrons. The summed E-state index contributed by atoms with van der Waals surface area (Å²) in [7, 11) is 0. The number of aryl methyl sites for hydroxylation is 1. The van der Waals surface area contributed by atoms with Crippen LogP contribution in [0.5, 0.6) is 0 Å². The maximum Gasteiger partial charge on any atom is 0.360 e. The number of anilines is 1. The van der Waals surface area contributed by atoms with Gasteiger partial charge in [0.1, 0.15) is 11.6 Å². The minimum absolute atomic E-state index is 0.241. The fraction of sp³-hybridized carbons (Fsp3) is 0.714. The highest BCUT2D eigenvalue weighted by Crippen LogP contribution is 2.22. The Kier molecular flexibility index (Phi) is 4.65. The number of hydrogen-bond acceptors (Lipinski definition) is 5. The van der Waals surface area contributed by atoms with Crippen molar-refractivity contribution in [1.82, 2.24) is 14.5 Å². The first-order valence-electron chi connectivity index (χ1n) is 7.32. The van der Waals surface area contributed by atoms with E-state index in [4.69, 9.17) is 10.5 Å². The molecule has 0 bridgehead atoms. The van der Waals surface area contributed by atoms with Gasteiger partial charge in [-0.2, -0.15) is 0 Å². The van der Waals surface area contributed by atoms with Crippen molar-refractivity contribution in [2.45, 2.75) is 46.2 Å². The van der Waals surface area contributed by atoms with Crippen molar-refractivity contribution in [3.8, 4) is 0 Å². The van der Waals surface area contributed by atoms with Crippen LogP contribution in [0.25, 0.3) is 0 Å². The van der Waals surface area contributed by atoms with Gasteiger partial charge in [0.25, 0.3) is 0 Å². The fourth-order valence-corrected chi connectivity index (χ4v) is 2.89. The van der Waals surface area contributed by atoms with Crippen molar-refractivity contribution in [3.05, 3.63) is 11.5 Å². The number of ether oxygens (including phenoxy) is 1. The van der Waals surface area contributed by atoms with Gasteiger partial charge in [-0.05, 0) is 39.8 Å². The van der Waals surface area contributed by atoms with Crippen LogP contribution in [-0.2, 0) is 11.3 Å². The molecule has 0 amide bonds. The smallest absolute Gasteiger partial charge is 0.360 e. The largest absolute Gasteiger partial charge is 0.461 e. The van der Waals surface area contributed by atoms with Gasteiger partial charge in [-0.25, -0.2) is 9.78 Å². The van der Waals surface area contributed by atoms with E-state index in [2.05, 4.69) is 16.8 Å². The van der Waals surface area contributed by atoms with E-state index in [-0.39, 0.29) is 5.69 Å². The van der Waals surface area contributed by atoms with E-state index >= 15 is 0 Å². The monoisotopic (exact) mass is 280 g/mol. The number of nitrogens with two attached hydrogens (primary N) is 1. The highest BCUT2D eigenvalue weighted by atomic mass is 16.5. The van der Waals surface area contributed by atoms with Gasteiger partial charge in [0.05, 0.1) is 6.61 Å². The number of rotatable bonds is 5. The highest BCUT2D eigenvalue weighted by molar-refractivity contribution is 5.92. The quantitative estimate of drug-likeness (QED) is 0.826. The average Bonchev–Trinajstić information content (AvgIpc) is 2.98. The lowest BCUT2D eigenvalue weighted by atomic mass is 10.2. The topological polar surface area (TPSA) is 73.4 Å². The molecule has 0 aliphatic carbocycles. The maximum atomic E-state index is 11.8. The van der Waals surface area contributed by atoms with Gasteiger partial charge in [-0.1, -0.05) is 6.92 Å². The van der Waals surface area contributed by atoms with Crippen molar-refractivity contribution in [1.29, 1.82) is 0 Å². The van der Waals surface area contributed by atoms with E-state index in [1.54, 1.807) is 6.92 Å². The molecule has 1 aromatic heterocycles. The number of esters is 1. The second-order valence-corrected chi connectivity index (χ2v) is 5.15. The predicted octanol–water partition coefficient (Wildman–Crippen LogP) is 1.43. The molecule has 1 unspecified atom stereocenters. The van der Waals surface area contributed by atoms with Crippen molar-refractivity contribution < 1.29 is 9.53 Å². The van der Waals surface area contributed by atoms with E-state index in [0.29, 0.717) is 18.5 Å². The lowest BCUT2D eigenvalue weighted by Crippen LogP contribution is -2.33. The van der Waals surface area contributed by atoms with Crippen molar-refractivity contribution in [2.75, 3.05) is 25.4 Å². The Hall–Kier alpha value is -1.56. The zero-order chi connectivity index (χ0) is 14.7. The van der Waals surface area contributed by atoms with Crippen LogP contribution in [0.3, 0.4) is 0 Å². The number of nitrogens with zero attached hydrogens (tertiary/aromatic N) is 3. The minimum atomic E-state index is -0.439. The molecule has 0 spiro atoms. The molecular weight excluding hydrogens is 256 g/mol. The molecule has 20 heavy (non-hydrogen) atoms. The fourth-order valence-electron chi connectivity index (χ4n) is 2.89. The van der Waals surface area contributed by atoms with E-state index in [9.17, 15) is 4.79 Å². The van der Waals surface area contributed by atoms with E-state index in [0.717, 1.165) is 25.5 Å². The molecule has 0 saturated carbocycles. The van der Waals surface area contributed by atoms with Gasteiger partial charge in [-0.15, -0.1) is 0 Å². The van der Waals surface area contributed by atoms with Crippen molar-refractivity contribution >= 4 is 11.8 Å². The number of carbonyl (C=O) groups excluding carboxylic acids is 1. The summed E-state index contributed by atoms with van der Waals surface area (Å²) in [4.78, 5) is 18.5. The van der Waals surface area contributed by atoms with Crippen LogP contribution in [0.2, 0.25) is 0 Å². The number of carbonyl (C=O) groups is 1. The molecule has 1 aliphatic heterocycles. The van der Waals surface area contributed by atoms with Crippen molar-refractivity contribution in [2.24, 2.45) is 0 Å². The molecule has 2 N–H and O–H groups in total. The Labute approximate surface area is 119 Å². The normalized spacial score (nSPS) is 19.4. The number of likely N-dealkylation sites (tertiary alicyclic amines) is 1. The number of aromatic nitrogens is 2.